The molecule has 2 amide bonds. The number of rotatable bonds is 3. The summed E-state index contributed by atoms with van der Waals surface area (Å²) in [4.78, 5) is 38.7. The van der Waals surface area contributed by atoms with Crippen molar-refractivity contribution in [2.24, 2.45) is 0 Å². The number of carbonyl (C=O) groups is 2. The van der Waals surface area contributed by atoms with E-state index in [9.17, 15) is 9.59 Å². The highest BCUT2D eigenvalue weighted by molar-refractivity contribution is 5.89. The number of cyclic esters (lactones) is 1. The van der Waals surface area contributed by atoms with Gasteiger partial charge in [0.25, 0.3) is 0 Å². The molecule has 0 unspecified atom stereocenters. The van der Waals surface area contributed by atoms with Gasteiger partial charge in [0.1, 0.15) is 35.9 Å². The number of fused-ring (bicyclic) bond motifs is 3. The van der Waals surface area contributed by atoms with Gasteiger partial charge in [0.2, 0.25) is 5.88 Å². The number of nitrogens with zero attached hydrogens (tertiary/aromatic N) is 4. The smallest absolute Gasteiger partial charge is 0.413 e. The normalized spacial score (nSPS) is 17.9. The van der Waals surface area contributed by atoms with Crippen LogP contribution in [0.25, 0.3) is 0 Å². The second-order valence-electron chi connectivity index (χ2n) is 8.69. The molecule has 11 nitrogen and oxygen atoms in total. The molecule has 3 aromatic rings. The Morgan fingerprint density at radius 2 is 1.91 bits per heavy atom. The van der Waals surface area contributed by atoms with Crippen LogP contribution in [0.4, 0.5) is 26.9 Å². The van der Waals surface area contributed by atoms with Crippen LogP contribution in [0.15, 0.2) is 42.9 Å². The fourth-order valence-corrected chi connectivity index (χ4v) is 4.83. The van der Waals surface area contributed by atoms with Gasteiger partial charge in [0.05, 0.1) is 5.69 Å². The predicted octanol–water partition coefficient (Wildman–Crippen LogP) is 4.09. The van der Waals surface area contributed by atoms with E-state index in [1.807, 2.05) is 31.2 Å². The van der Waals surface area contributed by atoms with Gasteiger partial charge in [-0.3, -0.25) is 10.6 Å². The molecule has 0 saturated carbocycles. The van der Waals surface area contributed by atoms with Gasteiger partial charge in [-0.2, -0.15) is 0 Å². The van der Waals surface area contributed by atoms with Crippen LogP contribution in [-0.4, -0.2) is 40.2 Å². The van der Waals surface area contributed by atoms with Gasteiger partial charge in [-0.25, -0.2) is 24.5 Å². The zero-order valence-corrected chi connectivity index (χ0v) is 18.9. The minimum absolute atomic E-state index is 0.183. The number of benzene rings is 1. The van der Waals surface area contributed by atoms with Crippen molar-refractivity contribution in [3.8, 4) is 11.6 Å². The van der Waals surface area contributed by atoms with Crippen LogP contribution in [0.3, 0.4) is 0 Å². The zero-order chi connectivity index (χ0) is 24.0. The minimum atomic E-state index is -0.701. The Labute approximate surface area is 200 Å². The lowest BCUT2D eigenvalue weighted by molar-refractivity contribution is -0.00853. The maximum atomic E-state index is 12.1. The topological polar surface area (TPSA) is 128 Å². The van der Waals surface area contributed by atoms with E-state index >= 15 is 0 Å². The summed E-state index contributed by atoms with van der Waals surface area (Å²) in [5.74, 6) is 2.27. The average molecular weight is 474 g/mol. The maximum Gasteiger partial charge on any atom is 0.413 e. The molecule has 6 rings (SSSR count). The number of pyridine rings is 1. The molecule has 3 aliphatic heterocycles. The average Bonchev–Trinajstić information content (AvgIpc) is 2.85. The molecule has 2 N–H and O–H groups in total. The predicted molar refractivity (Wildman–Crippen MR) is 125 cm³/mol. The van der Waals surface area contributed by atoms with Gasteiger partial charge >= 0.3 is 12.2 Å². The SMILES string of the molecule is Cc1cc(Oc2cc(N3CCC4(CC3)OC(=O)Nc3ncccc34)ncn2)cc2c1NC(=O)OC2. The van der Waals surface area contributed by atoms with Crippen molar-refractivity contribution in [2.45, 2.75) is 32.0 Å². The highest BCUT2D eigenvalue weighted by Crippen LogP contribution is 2.43. The molecule has 2 aromatic heterocycles. The third kappa shape index (κ3) is 3.84. The molecule has 178 valence electrons. The van der Waals surface area contributed by atoms with Gasteiger partial charge in [0.15, 0.2) is 0 Å². The number of anilines is 3. The maximum absolute atomic E-state index is 12.1. The molecule has 3 aliphatic rings. The molecule has 5 heterocycles. The summed E-state index contributed by atoms with van der Waals surface area (Å²) >= 11 is 0. The van der Waals surface area contributed by atoms with E-state index in [0.717, 1.165) is 28.2 Å². The number of aryl methyl sites for hydroxylation is 1. The van der Waals surface area contributed by atoms with Crippen molar-refractivity contribution >= 4 is 29.5 Å². The second kappa shape index (κ2) is 8.12. The summed E-state index contributed by atoms with van der Waals surface area (Å²) in [6, 6.07) is 9.25. The standard InChI is InChI=1S/C24H22N6O5/c1-14-9-16(10-15-12-33-22(31)28-20(14)15)34-19-11-18(26-13-27-19)30-7-4-24(5-8-30)17-3-2-6-25-21(17)29-23(32)35-24/h2-3,6,9-11,13H,4-5,7-8,12H2,1H3,(H,28,31)(H,25,29,32). The number of amides is 2. The summed E-state index contributed by atoms with van der Waals surface area (Å²) in [5, 5.41) is 5.40. The molecule has 1 saturated heterocycles. The molecule has 35 heavy (non-hydrogen) atoms. The van der Waals surface area contributed by atoms with Crippen molar-refractivity contribution in [3.05, 3.63) is 59.5 Å². The van der Waals surface area contributed by atoms with E-state index in [1.165, 1.54) is 6.33 Å². The molecule has 0 atom stereocenters. The van der Waals surface area contributed by atoms with Crippen LogP contribution in [0.5, 0.6) is 11.6 Å². The van der Waals surface area contributed by atoms with Gasteiger partial charge in [0, 0.05) is 49.3 Å². The van der Waals surface area contributed by atoms with Gasteiger partial charge in [-0.05, 0) is 36.8 Å². The Balaban J connectivity index is 1.19. The number of hydrogen-bond donors (Lipinski definition) is 2. The largest absolute Gasteiger partial charge is 0.444 e. The van der Waals surface area contributed by atoms with Crippen LogP contribution < -0.4 is 20.3 Å². The van der Waals surface area contributed by atoms with Crippen LogP contribution in [0.1, 0.15) is 29.5 Å². The summed E-state index contributed by atoms with van der Waals surface area (Å²) < 4.78 is 16.9. The Kier molecular flexibility index (Phi) is 4.90. The number of aromatic nitrogens is 3. The summed E-state index contributed by atoms with van der Waals surface area (Å²) in [6.07, 6.45) is 3.39. The lowest BCUT2D eigenvalue weighted by atomic mass is 9.83. The molecule has 1 spiro atoms. The van der Waals surface area contributed by atoms with Gasteiger partial charge in [-0.1, -0.05) is 0 Å². The molecule has 11 heteroatoms. The molecule has 0 bridgehead atoms. The first-order valence-corrected chi connectivity index (χ1v) is 11.3. The quantitative estimate of drug-likeness (QED) is 0.577. The number of ether oxygens (including phenoxy) is 3. The lowest BCUT2D eigenvalue weighted by Gasteiger charge is -2.44. The highest BCUT2D eigenvalue weighted by Gasteiger charge is 2.45. The fourth-order valence-electron chi connectivity index (χ4n) is 4.83. The minimum Gasteiger partial charge on any atom is -0.444 e. The molecule has 1 aromatic carbocycles. The summed E-state index contributed by atoms with van der Waals surface area (Å²) in [6.45, 7) is 3.34. The van der Waals surface area contributed by atoms with E-state index in [1.54, 1.807) is 12.3 Å². The van der Waals surface area contributed by atoms with Crippen molar-refractivity contribution in [3.63, 3.8) is 0 Å². The number of hydrogen-bond acceptors (Lipinski definition) is 9. The van der Waals surface area contributed by atoms with Crippen molar-refractivity contribution in [1.29, 1.82) is 0 Å². The number of carbonyl (C=O) groups excluding carboxylic acids is 2. The van der Waals surface area contributed by atoms with Crippen LogP contribution in [0.2, 0.25) is 0 Å². The first-order chi connectivity index (χ1) is 17.0. The molecule has 0 aliphatic carbocycles. The highest BCUT2D eigenvalue weighted by atomic mass is 16.6. The lowest BCUT2D eigenvalue weighted by Crippen LogP contribution is -2.48. The fraction of sp³-hybridized carbons (Fsp3) is 0.292. The van der Waals surface area contributed by atoms with E-state index in [0.29, 0.717) is 43.4 Å². The third-order valence-electron chi connectivity index (χ3n) is 6.53. The van der Waals surface area contributed by atoms with Crippen molar-refractivity contribution in [1.82, 2.24) is 15.0 Å². The van der Waals surface area contributed by atoms with Gasteiger partial charge in [-0.15, -0.1) is 0 Å². The summed E-state index contributed by atoms with van der Waals surface area (Å²) in [5.41, 5.74) is 2.65. The summed E-state index contributed by atoms with van der Waals surface area (Å²) in [7, 11) is 0. The number of nitrogens with one attached hydrogen (secondary N) is 2. The van der Waals surface area contributed by atoms with E-state index < -0.39 is 17.8 Å². The van der Waals surface area contributed by atoms with Crippen LogP contribution in [-0.2, 0) is 21.7 Å². The van der Waals surface area contributed by atoms with E-state index in [4.69, 9.17) is 14.2 Å². The van der Waals surface area contributed by atoms with Crippen molar-refractivity contribution in [2.75, 3.05) is 28.6 Å². The second-order valence-corrected chi connectivity index (χ2v) is 8.69. The van der Waals surface area contributed by atoms with Crippen LogP contribution >= 0.6 is 0 Å². The van der Waals surface area contributed by atoms with Gasteiger partial charge < -0.3 is 19.1 Å². The third-order valence-corrected chi connectivity index (χ3v) is 6.53. The Morgan fingerprint density at radius 3 is 2.77 bits per heavy atom. The first kappa shape index (κ1) is 21.1. The van der Waals surface area contributed by atoms with E-state index in [-0.39, 0.29) is 6.61 Å². The zero-order valence-electron chi connectivity index (χ0n) is 18.9. The molecular formula is C24H22N6O5. The molecular weight excluding hydrogens is 452 g/mol. The monoisotopic (exact) mass is 474 g/mol. The Bertz CT molecular complexity index is 1340. The Morgan fingerprint density at radius 1 is 1.06 bits per heavy atom. The van der Waals surface area contributed by atoms with Crippen LogP contribution in [0, 0.1) is 6.92 Å². The molecule has 0 radical (unpaired) electrons. The Hall–Kier alpha value is -4.41. The molecule has 1 fully saturated rings. The first-order valence-electron chi connectivity index (χ1n) is 11.3. The van der Waals surface area contributed by atoms with Crippen molar-refractivity contribution < 1.29 is 23.8 Å². The van der Waals surface area contributed by atoms with E-state index in [2.05, 4.69) is 30.5 Å². The number of piperidine rings is 1.